The third kappa shape index (κ3) is 2.94. The molecule has 0 aliphatic rings. The number of nitrogens with zero attached hydrogens (tertiary/aromatic N) is 1. The van der Waals surface area contributed by atoms with Crippen LogP contribution in [-0.2, 0) is 6.54 Å². The molecule has 0 aliphatic carbocycles. The highest BCUT2D eigenvalue weighted by Gasteiger charge is 2.21. The maximum absolute atomic E-state index is 12.8. The van der Waals surface area contributed by atoms with Gasteiger partial charge in [0, 0.05) is 24.3 Å². The van der Waals surface area contributed by atoms with Gasteiger partial charge in [-0.15, -0.1) is 0 Å². The molecule has 0 bridgehead atoms. The zero-order valence-corrected chi connectivity index (χ0v) is 13.9. The Morgan fingerprint density at radius 3 is 2.48 bits per heavy atom. The van der Waals surface area contributed by atoms with Crippen LogP contribution in [0.3, 0.4) is 0 Å². The average molecular weight is 330 g/mol. The van der Waals surface area contributed by atoms with Crippen LogP contribution in [0.1, 0.15) is 21.7 Å². The van der Waals surface area contributed by atoms with Gasteiger partial charge in [-0.05, 0) is 36.8 Å². The lowest BCUT2D eigenvalue weighted by Crippen LogP contribution is -2.23. The lowest BCUT2D eigenvalue weighted by molar-refractivity contribution is 0.0925. The van der Waals surface area contributed by atoms with E-state index in [9.17, 15) is 4.79 Å². The van der Waals surface area contributed by atoms with Crippen molar-refractivity contribution < 1.29 is 9.21 Å². The van der Waals surface area contributed by atoms with Crippen LogP contribution in [0.25, 0.3) is 16.7 Å². The highest BCUT2D eigenvalue weighted by atomic mass is 16.3. The minimum atomic E-state index is -0.222. The topological polar surface area (TPSA) is 47.2 Å². The van der Waals surface area contributed by atoms with E-state index < -0.39 is 0 Å². The number of aromatic nitrogens is 1. The second-order valence-electron chi connectivity index (χ2n) is 6.03. The summed E-state index contributed by atoms with van der Waals surface area (Å²) < 4.78 is 7.77. The number of carbonyl (C=O) groups excluding carboxylic acids is 1. The van der Waals surface area contributed by atoms with Crippen molar-refractivity contribution in [2.45, 2.75) is 13.5 Å². The van der Waals surface area contributed by atoms with Crippen LogP contribution in [0, 0.1) is 6.92 Å². The number of hydrogen-bond acceptors (Lipinski definition) is 2. The monoisotopic (exact) mass is 330 g/mol. The number of carbonyl (C=O) groups is 1. The summed E-state index contributed by atoms with van der Waals surface area (Å²) in [5, 5.41) is 3.87. The Morgan fingerprint density at radius 2 is 1.72 bits per heavy atom. The summed E-state index contributed by atoms with van der Waals surface area (Å²) in [6, 6.07) is 19.6. The number of benzene rings is 2. The van der Waals surface area contributed by atoms with Crippen molar-refractivity contribution >= 4 is 16.9 Å². The van der Waals surface area contributed by atoms with Crippen LogP contribution in [0.5, 0.6) is 0 Å². The van der Waals surface area contributed by atoms with Crippen LogP contribution in [0.2, 0.25) is 0 Å². The van der Waals surface area contributed by atoms with Crippen molar-refractivity contribution in [2.24, 2.45) is 0 Å². The van der Waals surface area contributed by atoms with Crippen molar-refractivity contribution in [1.29, 1.82) is 0 Å². The molecule has 1 amide bonds. The van der Waals surface area contributed by atoms with Crippen molar-refractivity contribution in [3.05, 3.63) is 89.9 Å². The molecule has 2 aromatic heterocycles. The van der Waals surface area contributed by atoms with Gasteiger partial charge < -0.3 is 14.3 Å². The zero-order valence-electron chi connectivity index (χ0n) is 13.9. The molecule has 1 N–H and O–H groups in total. The number of fused-ring (bicyclic) bond motifs is 1. The molecule has 124 valence electrons. The first kappa shape index (κ1) is 15.3. The van der Waals surface area contributed by atoms with Gasteiger partial charge >= 0.3 is 0 Å². The van der Waals surface area contributed by atoms with Crippen LogP contribution < -0.4 is 5.32 Å². The predicted molar refractivity (Wildman–Crippen MR) is 97.9 cm³/mol. The van der Waals surface area contributed by atoms with Crippen molar-refractivity contribution in [2.75, 3.05) is 0 Å². The molecule has 0 spiro atoms. The molecule has 0 saturated heterocycles. The van der Waals surface area contributed by atoms with Gasteiger partial charge in [-0.25, -0.2) is 0 Å². The third-order valence-electron chi connectivity index (χ3n) is 4.21. The fourth-order valence-electron chi connectivity index (χ4n) is 2.89. The van der Waals surface area contributed by atoms with E-state index in [0.29, 0.717) is 17.9 Å². The first-order valence-corrected chi connectivity index (χ1v) is 8.21. The van der Waals surface area contributed by atoms with Gasteiger partial charge in [0.2, 0.25) is 5.76 Å². The lowest BCUT2D eigenvalue weighted by atomic mass is 10.1. The molecule has 4 nitrogen and oxygen atoms in total. The summed E-state index contributed by atoms with van der Waals surface area (Å²) >= 11 is 0. The highest BCUT2D eigenvalue weighted by Crippen LogP contribution is 2.29. The maximum Gasteiger partial charge on any atom is 0.289 e. The second-order valence-corrected chi connectivity index (χ2v) is 6.03. The van der Waals surface area contributed by atoms with E-state index in [-0.39, 0.29) is 5.91 Å². The molecule has 2 heterocycles. The number of para-hydroxylation sites is 1. The fourth-order valence-corrected chi connectivity index (χ4v) is 2.89. The second kappa shape index (κ2) is 6.32. The summed E-state index contributed by atoms with van der Waals surface area (Å²) in [6.07, 6.45) is 3.82. The van der Waals surface area contributed by atoms with E-state index >= 15 is 0 Å². The van der Waals surface area contributed by atoms with Crippen LogP contribution in [-0.4, -0.2) is 10.5 Å². The molecule has 25 heavy (non-hydrogen) atoms. The Bertz CT molecular complexity index is 1010. The number of aryl methyl sites for hydroxylation is 1. The predicted octanol–water partition coefficient (Wildman–Crippen LogP) is 4.46. The van der Waals surface area contributed by atoms with E-state index in [1.807, 2.05) is 84.5 Å². The largest absolute Gasteiger partial charge is 0.449 e. The smallest absolute Gasteiger partial charge is 0.289 e. The zero-order chi connectivity index (χ0) is 17.2. The van der Waals surface area contributed by atoms with Crippen LogP contribution in [0.4, 0.5) is 0 Å². The van der Waals surface area contributed by atoms with Crippen molar-refractivity contribution in [3.63, 3.8) is 0 Å². The first-order chi connectivity index (χ1) is 12.2. The molecule has 4 rings (SSSR count). The Labute approximate surface area is 145 Å². The molecular weight excluding hydrogens is 312 g/mol. The highest BCUT2D eigenvalue weighted by molar-refractivity contribution is 6.03. The van der Waals surface area contributed by atoms with Crippen LogP contribution >= 0.6 is 0 Å². The summed E-state index contributed by atoms with van der Waals surface area (Å²) in [7, 11) is 0. The normalized spacial score (nSPS) is 10.9. The Kier molecular flexibility index (Phi) is 3.86. The number of amides is 1. The van der Waals surface area contributed by atoms with E-state index in [1.165, 1.54) is 5.56 Å². The van der Waals surface area contributed by atoms with Gasteiger partial charge in [0.05, 0.1) is 0 Å². The molecule has 4 heteroatoms. The van der Waals surface area contributed by atoms with Crippen molar-refractivity contribution in [3.8, 4) is 5.69 Å². The molecular formula is C21H18N2O2. The van der Waals surface area contributed by atoms with Gasteiger partial charge in [0.25, 0.3) is 5.91 Å². The van der Waals surface area contributed by atoms with E-state index in [1.54, 1.807) is 0 Å². The fraction of sp³-hybridized carbons (Fsp3) is 0.0952. The third-order valence-corrected chi connectivity index (χ3v) is 4.21. The number of rotatable bonds is 4. The molecule has 0 unspecified atom stereocenters. The minimum absolute atomic E-state index is 0.222. The number of hydrogen-bond donors (Lipinski definition) is 1. The Morgan fingerprint density at radius 1 is 1.00 bits per heavy atom. The maximum atomic E-state index is 12.8. The molecule has 4 aromatic rings. The van der Waals surface area contributed by atoms with Gasteiger partial charge in [-0.2, -0.15) is 0 Å². The van der Waals surface area contributed by atoms with E-state index in [0.717, 1.165) is 16.6 Å². The van der Waals surface area contributed by atoms with Crippen molar-refractivity contribution in [1.82, 2.24) is 9.88 Å². The van der Waals surface area contributed by atoms with Gasteiger partial charge in [0.15, 0.2) is 0 Å². The average Bonchev–Trinajstić information content (AvgIpc) is 3.28. The Hall–Kier alpha value is -3.27. The Balaban J connectivity index is 1.67. The lowest BCUT2D eigenvalue weighted by Gasteiger charge is -2.07. The molecule has 0 radical (unpaired) electrons. The standard InChI is InChI=1S/C21H18N2O2/c1-15-8-10-16(11-9-15)14-22-21(24)20-19(23-12-4-5-13-23)17-6-2-3-7-18(17)25-20/h2-13H,14H2,1H3,(H,22,24). The summed E-state index contributed by atoms with van der Waals surface area (Å²) in [4.78, 5) is 12.8. The van der Waals surface area contributed by atoms with Crippen LogP contribution in [0.15, 0.2) is 77.5 Å². The van der Waals surface area contributed by atoms with Gasteiger partial charge in [-0.1, -0.05) is 42.0 Å². The van der Waals surface area contributed by atoms with E-state index in [2.05, 4.69) is 5.32 Å². The molecule has 0 saturated carbocycles. The molecule has 0 fully saturated rings. The summed E-state index contributed by atoms with van der Waals surface area (Å²) in [6.45, 7) is 2.50. The molecule has 2 aromatic carbocycles. The molecule has 0 aliphatic heterocycles. The first-order valence-electron chi connectivity index (χ1n) is 8.21. The summed E-state index contributed by atoms with van der Waals surface area (Å²) in [5.74, 6) is 0.102. The van der Waals surface area contributed by atoms with Gasteiger partial charge in [0.1, 0.15) is 11.3 Å². The quantitative estimate of drug-likeness (QED) is 0.600. The van der Waals surface area contributed by atoms with Gasteiger partial charge in [-0.3, -0.25) is 4.79 Å². The van der Waals surface area contributed by atoms with E-state index in [4.69, 9.17) is 4.42 Å². The number of nitrogens with one attached hydrogen (secondary N) is 1. The minimum Gasteiger partial charge on any atom is -0.449 e. The SMILES string of the molecule is Cc1ccc(CNC(=O)c2oc3ccccc3c2-n2cccc2)cc1. The summed E-state index contributed by atoms with van der Waals surface area (Å²) in [5.41, 5.74) is 3.72. The molecule has 0 atom stereocenters. The number of furan rings is 1.